The number of furan rings is 2. The number of nitro groups is 1. The zero-order valence-corrected chi connectivity index (χ0v) is 16.6. The van der Waals surface area contributed by atoms with Crippen LogP contribution in [0.2, 0.25) is 0 Å². The van der Waals surface area contributed by atoms with E-state index in [1.807, 2.05) is 62.4 Å². The van der Waals surface area contributed by atoms with Crippen LogP contribution in [0.3, 0.4) is 0 Å². The van der Waals surface area contributed by atoms with Crippen LogP contribution in [0.5, 0.6) is 0 Å². The number of nitrogens with zero attached hydrogens (tertiary/aromatic N) is 2. The summed E-state index contributed by atoms with van der Waals surface area (Å²) in [6.07, 6.45) is 1.62. The molecule has 0 saturated heterocycles. The van der Waals surface area contributed by atoms with E-state index < -0.39 is 4.92 Å². The standard InChI is InChI=1S/C24H20N2O4/c1-16-6-12-22(29-16)24(23-13-7-17(2)30-23)19-8-10-20(11-9-19)25-15-18-4-3-5-21(14-18)26(27)28/h3-15,24H,1-2H3. The Morgan fingerprint density at radius 3 is 2.07 bits per heavy atom. The molecule has 0 atom stereocenters. The number of nitro benzene ring substituents is 1. The molecule has 0 bridgehead atoms. The highest BCUT2D eigenvalue weighted by Crippen LogP contribution is 2.34. The SMILES string of the molecule is Cc1ccc(C(c2ccc(N=Cc3cccc([N+](=O)[O-])c3)cc2)c2ccc(C)o2)o1. The van der Waals surface area contributed by atoms with Crippen molar-refractivity contribution < 1.29 is 13.8 Å². The van der Waals surface area contributed by atoms with Gasteiger partial charge in [0.05, 0.1) is 10.6 Å². The third kappa shape index (κ3) is 4.22. The minimum absolute atomic E-state index is 0.0413. The van der Waals surface area contributed by atoms with E-state index in [1.165, 1.54) is 12.1 Å². The first-order chi connectivity index (χ1) is 14.5. The third-order valence-corrected chi connectivity index (χ3v) is 4.76. The van der Waals surface area contributed by atoms with Gasteiger partial charge in [-0.15, -0.1) is 0 Å². The van der Waals surface area contributed by atoms with Crippen molar-refractivity contribution in [2.75, 3.05) is 0 Å². The lowest BCUT2D eigenvalue weighted by atomic mass is 9.94. The summed E-state index contributed by atoms with van der Waals surface area (Å²) in [6.45, 7) is 3.83. The summed E-state index contributed by atoms with van der Waals surface area (Å²) in [7, 11) is 0. The van der Waals surface area contributed by atoms with Gasteiger partial charge in [0, 0.05) is 18.3 Å². The Kier molecular flexibility index (Phi) is 5.30. The minimum Gasteiger partial charge on any atom is -0.465 e. The maximum Gasteiger partial charge on any atom is 0.270 e. The molecule has 2 aromatic carbocycles. The molecule has 150 valence electrons. The van der Waals surface area contributed by atoms with E-state index in [0.29, 0.717) is 5.56 Å². The average Bonchev–Trinajstić information content (AvgIpc) is 3.36. The molecule has 2 aromatic heterocycles. The monoisotopic (exact) mass is 400 g/mol. The highest BCUT2D eigenvalue weighted by Gasteiger charge is 2.23. The van der Waals surface area contributed by atoms with Crippen LogP contribution in [0, 0.1) is 24.0 Å². The number of aryl methyl sites for hydroxylation is 2. The summed E-state index contributed by atoms with van der Waals surface area (Å²) in [4.78, 5) is 14.9. The fraction of sp³-hybridized carbons (Fsp3) is 0.125. The summed E-state index contributed by atoms with van der Waals surface area (Å²) in [6, 6.07) is 22.0. The number of non-ortho nitro benzene ring substituents is 1. The predicted octanol–water partition coefficient (Wildman–Crippen LogP) is 6.33. The van der Waals surface area contributed by atoms with Gasteiger partial charge in [-0.25, -0.2) is 0 Å². The van der Waals surface area contributed by atoms with Gasteiger partial charge in [0.1, 0.15) is 29.0 Å². The molecule has 2 heterocycles. The molecule has 6 heteroatoms. The zero-order chi connectivity index (χ0) is 21.1. The predicted molar refractivity (Wildman–Crippen MR) is 115 cm³/mol. The van der Waals surface area contributed by atoms with Gasteiger partial charge in [-0.3, -0.25) is 15.1 Å². The summed E-state index contributed by atoms with van der Waals surface area (Å²) < 4.78 is 11.8. The lowest BCUT2D eigenvalue weighted by molar-refractivity contribution is -0.384. The van der Waals surface area contributed by atoms with E-state index in [1.54, 1.807) is 18.3 Å². The van der Waals surface area contributed by atoms with E-state index in [4.69, 9.17) is 8.83 Å². The van der Waals surface area contributed by atoms with E-state index >= 15 is 0 Å². The third-order valence-electron chi connectivity index (χ3n) is 4.76. The fourth-order valence-electron chi connectivity index (χ4n) is 3.31. The Morgan fingerprint density at radius 2 is 1.53 bits per heavy atom. The van der Waals surface area contributed by atoms with Crippen LogP contribution in [0.25, 0.3) is 0 Å². The van der Waals surface area contributed by atoms with Crippen molar-refractivity contribution in [2.24, 2.45) is 4.99 Å². The molecular weight excluding hydrogens is 380 g/mol. The van der Waals surface area contributed by atoms with Crippen LogP contribution < -0.4 is 0 Å². The molecule has 6 nitrogen and oxygen atoms in total. The van der Waals surface area contributed by atoms with Gasteiger partial charge in [-0.1, -0.05) is 24.3 Å². The number of hydrogen-bond donors (Lipinski definition) is 0. The molecule has 4 rings (SSSR count). The highest BCUT2D eigenvalue weighted by atomic mass is 16.6. The van der Waals surface area contributed by atoms with Crippen LogP contribution in [0.4, 0.5) is 11.4 Å². The van der Waals surface area contributed by atoms with Gasteiger partial charge < -0.3 is 8.83 Å². The Balaban J connectivity index is 1.61. The molecule has 0 fully saturated rings. The van der Waals surface area contributed by atoms with Crippen LogP contribution in [0.1, 0.15) is 40.1 Å². The lowest BCUT2D eigenvalue weighted by Crippen LogP contribution is -2.00. The molecule has 0 aliphatic rings. The molecule has 0 aliphatic carbocycles. The van der Waals surface area contributed by atoms with Gasteiger partial charge in [-0.2, -0.15) is 0 Å². The van der Waals surface area contributed by atoms with E-state index in [9.17, 15) is 10.1 Å². The smallest absolute Gasteiger partial charge is 0.270 e. The second-order valence-corrected chi connectivity index (χ2v) is 7.03. The number of hydrogen-bond acceptors (Lipinski definition) is 5. The second-order valence-electron chi connectivity index (χ2n) is 7.03. The van der Waals surface area contributed by atoms with Gasteiger partial charge in [-0.05, 0) is 61.4 Å². The Labute approximate surface area is 173 Å². The fourth-order valence-corrected chi connectivity index (χ4v) is 3.31. The van der Waals surface area contributed by atoms with Crippen LogP contribution in [-0.2, 0) is 0 Å². The van der Waals surface area contributed by atoms with Gasteiger partial charge in [0.2, 0.25) is 0 Å². The van der Waals surface area contributed by atoms with E-state index in [0.717, 1.165) is 34.3 Å². The summed E-state index contributed by atoms with van der Waals surface area (Å²) in [5.41, 5.74) is 2.48. The van der Waals surface area contributed by atoms with Crippen molar-refractivity contribution in [3.63, 3.8) is 0 Å². The quantitative estimate of drug-likeness (QED) is 0.215. The maximum absolute atomic E-state index is 10.9. The summed E-state index contributed by atoms with van der Waals surface area (Å²) in [5.74, 6) is 3.17. The highest BCUT2D eigenvalue weighted by molar-refractivity contribution is 5.82. The largest absolute Gasteiger partial charge is 0.465 e. The Morgan fingerprint density at radius 1 is 0.900 bits per heavy atom. The maximum atomic E-state index is 10.9. The summed E-state index contributed by atoms with van der Waals surface area (Å²) in [5, 5.41) is 10.9. The Bertz CT molecular complexity index is 1160. The van der Waals surface area contributed by atoms with Crippen LogP contribution in [0.15, 0.2) is 86.6 Å². The van der Waals surface area contributed by atoms with Crippen molar-refractivity contribution >= 4 is 17.6 Å². The minimum atomic E-state index is -0.418. The molecule has 0 aliphatic heterocycles. The van der Waals surface area contributed by atoms with Crippen molar-refractivity contribution in [1.29, 1.82) is 0 Å². The molecule has 4 aromatic rings. The van der Waals surface area contributed by atoms with E-state index in [2.05, 4.69) is 4.99 Å². The molecule has 0 N–H and O–H groups in total. The Hall–Kier alpha value is -3.93. The molecule has 30 heavy (non-hydrogen) atoms. The van der Waals surface area contributed by atoms with Gasteiger partial charge in [0.25, 0.3) is 5.69 Å². The average molecular weight is 400 g/mol. The first kappa shape index (κ1) is 19.4. The first-order valence-corrected chi connectivity index (χ1v) is 9.51. The number of rotatable bonds is 6. The molecule has 0 amide bonds. The molecule has 0 spiro atoms. The van der Waals surface area contributed by atoms with E-state index in [-0.39, 0.29) is 11.6 Å². The number of benzene rings is 2. The van der Waals surface area contributed by atoms with Crippen molar-refractivity contribution in [3.05, 3.63) is 117 Å². The molecule has 0 radical (unpaired) electrons. The van der Waals surface area contributed by atoms with Crippen molar-refractivity contribution in [1.82, 2.24) is 0 Å². The van der Waals surface area contributed by atoms with Crippen LogP contribution >= 0.6 is 0 Å². The van der Waals surface area contributed by atoms with Gasteiger partial charge >= 0.3 is 0 Å². The summed E-state index contributed by atoms with van der Waals surface area (Å²) >= 11 is 0. The van der Waals surface area contributed by atoms with Gasteiger partial charge in [0.15, 0.2) is 0 Å². The topological polar surface area (TPSA) is 81.8 Å². The molecule has 0 saturated carbocycles. The van der Waals surface area contributed by atoms with Crippen molar-refractivity contribution in [3.8, 4) is 0 Å². The normalized spacial score (nSPS) is 11.4. The first-order valence-electron chi connectivity index (χ1n) is 9.51. The second kappa shape index (κ2) is 8.21. The molecular formula is C24H20N2O4. The molecule has 0 unspecified atom stereocenters. The lowest BCUT2D eigenvalue weighted by Gasteiger charge is -2.13. The number of aliphatic imine (C=N–C) groups is 1. The zero-order valence-electron chi connectivity index (χ0n) is 16.6. The van der Waals surface area contributed by atoms with Crippen molar-refractivity contribution in [2.45, 2.75) is 19.8 Å². The van der Waals surface area contributed by atoms with Crippen LogP contribution in [-0.4, -0.2) is 11.1 Å².